The Labute approximate surface area is 285 Å². The van der Waals surface area contributed by atoms with E-state index in [2.05, 4.69) is 0 Å². The second-order valence-electron chi connectivity index (χ2n) is 11.9. The van der Waals surface area contributed by atoms with Crippen LogP contribution < -0.4 is 9.64 Å². The summed E-state index contributed by atoms with van der Waals surface area (Å²) < 4.78 is 11.3. The van der Waals surface area contributed by atoms with E-state index in [4.69, 9.17) is 9.47 Å². The van der Waals surface area contributed by atoms with Crippen molar-refractivity contribution in [2.45, 2.75) is 30.9 Å². The first-order valence-electron chi connectivity index (χ1n) is 16.2. The summed E-state index contributed by atoms with van der Waals surface area (Å²) in [6.45, 7) is 0.0312. The molecular formula is C41H35N3O5. The number of hydrogen-bond acceptors (Lipinski definition) is 5. The maximum Gasteiger partial charge on any atom is 0.413 e. The Balaban J connectivity index is 1.32. The summed E-state index contributed by atoms with van der Waals surface area (Å²) >= 11 is 0. The van der Waals surface area contributed by atoms with E-state index in [0.29, 0.717) is 22.6 Å². The predicted octanol–water partition coefficient (Wildman–Crippen LogP) is 7.41. The van der Waals surface area contributed by atoms with Gasteiger partial charge in [-0.05, 0) is 46.5 Å². The molecule has 49 heavy (non-hydrogen) atoms. The Bertz CT molecular complexity index is 1940. The largest absolute Gasteiger partial charge is 0.497 e. The Kier molecular flexibility index (Phi) is 8.93. The van der Waals surface area contributed by atoms with Crippen molar-refractivity contribution < 1.29 is 23.9 Å². The van der Waals surface area contributed by atoms with Crippen LogP contribution in [-0.2, 0) is 20.9 Å². The van der Waals surface area contributed by atoms with Gasteiger partial charge in [0.1, 0.15) is 30.6 Å². The summed E-state index contributed by atoms with van der Waals surface area (Å²) in [5, 5.41) is 0. The molecule has 0 aliphatic carbocycles. The van der Waals surface area contributed by atoms with Crippen LogP contribution in [0, 0.1) is 0 Å². The minimum atomic E-state index is -1.02. The van der Waals surface area contributed by atoms with Gasteiger partial charge in [0.05, 0.1) is 13.2 Å². The van der Waals surface area contributed by atoms with Gasteiger partial charge in [0.15, 0.2) is 0 Å². The second kappa shape index (κ2) is 13.9. The number of hydrogen-bond donors (Lipinski definition) is 0. The quantitative estimate of drug-likeness (QED) is 0.155. The Hall–Kier alpha value is -6.15. The molecule has 0 spiro atoms. The molecule has 0 saturated carbocycles. The molecule has 0 bridgehead atoms. The van der Waals surface area contributed by atoms with Gasteiger partial charge < -0.3 is 19.3 Å². The molecule has 0 aromatic heterocycles. The highest BCUT2D eigenvalue weighted by atomic mass is 16.6. The molecule has 244 valence electrons. The lowest BCUT2D eigenvalue weighted by Gasteiger charge is -2.50. The van der Waals surface area contributed by atoms with Gasteiger partial charge in [0, 0.05) is 5.69 Å². The number of ether oxygens (including phenoxy) is 2. The van der Waals surface area contributed by atoms with Gasteiger partial charge in [-0.3, -0.25) is 14.5 Å². The van der Waals surface area contributed by atoms with E-state index in [1.807, 2.05) is 146 Å². The first kappa shape index (κ1) is 31.4. The van der Waals surface area contributed by atoms with Crippen LogP contribution in [0.2, 0.25) is 0 Å². The molecular weight excluding hydrogens is 614 g/mol. The first-order chi connectivity index (χ1) is 24.0. The maximum atomic E-state index is 14.9. The highest BCUT2D eigenvalue weighted by molar-refractivity contribution is 6.09. The number of carbonyl (C=O) groups is 3. The molecule has 5 aromatic rings. The number of carbonyl (C=O) groups excluding carboxylic acids is 3. The lowest BCUT2D eigenvalue weighted by molar-refractivity contribution is -0.144. The summed E-state index contributed by atoms with van der Waals surface area (Å²) in [5.74, 6) is 0.0508. The molecule has 3 amide bonds. The van der Waals surface area contributed by atoms with Gasteiger partial charge in [-0.15, -0.1) is 0 Å². The SMILES string of the molecule is COc1ccc(N2C(=O)C(N3C(=O)C(c4ccccc4)N(C(=O)OCc4ccccc4)C3c3ccccc3)C2C=Cc2ccccc2)cc1. The third-order valence-corrected chi connectivity index (χ3v) is 8.97. The molecule has 0 radical (unpaired) electrons. The molecule has 2 aliphatic rings. The molecule has 8 heteroatoms. The van der Waals surface area contributed by atoms with Crippen molar-refractivity contribution >= 4 is 29.7 Å². The minimum Gasteiger partial charge on any atom is -0.497 e. The predicted molar refractivity (Wildman–Crippen MR) is 187 cm³/mol. The van der Waals surface area contributed by atoms with E-state index in [9.17, 15) is 14.4 Å². The third kappa shape index (κ3) is 6.16. The average molecular weight is 650 g/mol. The minimum absolute atomic E-state index is 0.0312. The van der Waals surface area contributed by atoms with Crippen molar-refractivity contribution in [3.63, 3.8) is 0 Å². The van der Waals surface area contributed by atoms with Crippen molar-refractivity contribution in [3.05, 3.63) is 174 Å². The monoisotopic (exact) mass is 649 g/mol. The smallest absolute Gasteiger partial charge is 0.413 e. The fourth-order valence-corrected chi connectivity index (χ4v) is 6.61. The number of rotatable bonds is 9. The van der Waals surface area contributed by atoms with Crippen LogP contribution in [-0.4, -0.2) is 46.9 Å². The number of nitrogens with zero attached hydrogens (tertiary/aromatic N) is 3. The highest BCUT2D eigenvalue weighted by Crippen LogP contribution is 2.47. The Morgan fingerprint density at radius 2 is 1.27 bits per heavy atom. The van der Waals surface area contributed by atoms with Gasteiger partial charge in [0.2, 0.25) is 0 Å². The first-order valence-corrected chi connectivity index (χ1v) is 16.2. The standard InChI is InChI=1S/C41H35N3O5/c1-48-34-25-23-33(24-26-34)42-35(27-22-29-14-6-2-7-15-29)37(40(42)46)43-38(32-20-12-5-13-21-32)44(36(39(43)45)31-18-10-4-11-19-31)41(47)49-28-30-16-8-3-9-17-30/h2-27,35-38H,28H2,1H3. The number of amides is 3. The molecule has 4 atom stereocenters. The number of benzene rings is 5. The van der Waals surface area contributed by atoms with Gasteiger partial charge in [-0.1, -0.05) is 133 Å². The zero-order valence-electron chi connectivity index (χ0n) is 26.9. The van der Waals surface area contributed by atoms with Crippen molar-refractivity contribution in [2.24, 2.45) is 0 Å². The Morgan fingerprint density at radius 1 is 0.694 bits per heavy atom. The molecule has 5 aromatic carbocycles. The Morgan fingerprint density at radius 3 is 1.88 bits per heavy atom. The van der Waals surface area contributed by atoms with Crippen LogP contribution in [0.4, 0.5) is 10.5 Å². The number of anilines is 1. The van der Waals surface area contributed by atoms with Crippen LogP contribution in [0.25, 0.3) is 6.08 Å². The molecule has 0 N–H and O–H groups in total. The lowest BCUT2D eigenvalue weighted by atomic mass is 9.90. The fraction of sp³-hybridized carbons (Fsp3) is 0.146. The van der Waals surface area contributed by atoms with Crippen LogP contribution in [0.5, 0.6) is 5.75 Å². The van der Waals surface area contributed by atoms with E-state index >= 15 is 0 Å². The van der Waals surface area contributed by atoms with Crippen LogP contribution in [0.1, 0.15) is 34.5 Å². The van der Waals surface area contributed by atoms with E-state index in [-0.39, 0.29) is 18.4 Å². The van der Waals surface area contributed by atoms with Crippen molar-refractivity contribution in [1.29, 1.82) is 0 Å². The van der Waals surface area contributed by atoms with Crippen molar-refractivity contribution in [1.82, 2.24) is 9.80 Å². The molecule has 4 unspecified atom stereocenters. The summed E-state index contributed by atoms with van der Waals surface area (Å²) in [6.07, 6.45) is 2.34. The lowest BCUT2D eigenvalue weighted by Crippen LogP contribution is -2.71. The summed E-state index contributed by atoms with van der Waals surface area (Å²) in [5.41, 5.74) is 3.76. The van der Waals surface area contributed by atoms with E-state index in [1.165, 1.54) is 4.90 Å². The van der Waals surface area contributed by atoms with Gasteiger partial charge in [0.25, 0.3) is 11.8 Å². The van der Waals surface area contributed by atoms with Gasteiger partial charge in [-0.25, -0.2) is 4.79 Å². The van der Waals surface area contributed by atoms with Crippen molar-refractivity contribution in [2.75, 3.05) is 12.0 Å². The summed E-state index contributed by atoms with van der Waals surface area (Å²) in [6, 6.07) is 42.5. The second-order valence-corrected chi connectivity index (χ2v) is 11.9. The van der Waals surface area contributed by atoms with E-state index in [0.717, 1.165) is 11.1 Å². The molecule has 2 aliphatic heterocycles. The normalized spacial score (nSPS) is 20.4. The molecule has 8 nitrogen and oxygen atoms in total. The van der Waals surface area contributed by atoms with Crippen molar-refractivity contribution in [3.8, 4) is 5.75 Å². The van der Waals surface area contributed by atoms with Crippen LogP contribution >= 0.6 is 0 Å². The molecule has 2 fully saturated rings. The maximum absolute atomic E-state index is 14.9. The fourth-order valence-electron chi connectivity index (χ4n) is 6.61. The van der Waals surface area contributed by atoms with Crippen LogP contribution in [0.3, 0.4) is 0 Å². The number of methoxy groups -OCH3 is 1. The van der Waals surface area contributed by atoms with Gasteiger partial charge >= 0.3 is 6.09 Å². The zero-order valence-corrected chi connectivity index (χ0v) is 26.9. The molecule has 2 heterocycles. The summed E-state index contributed by atoms with van der Waals surface area (Å²) in [4.78, 5) is 48.3. The third-order valence-electron chi connectivity index (χ3n) is 8.97. The summed E-state index contributed by atoms with van der Waals surface area (Å²) in [7, 11) is 1.59. The highest BCUT2D eigenvalue weighted by Gasteiger charge is 2.60. The van der Waals surface area contributed by atoms with Gasteiger partial charge in [-0.2, -0.15) is 0 Å². The molecule has 7 rings (SSSR count). The van der Waals surface area contributed by atoms with E-state index in [1.54, 1.807) is 29.0 Å². The topological polar surface area (TPSA) is 79.4 Å². The molecule has 2 saturated heterocycles. The zero-order chi connectivity index (χ0) is 33.7. The van der Waals surface area contributed by atoms with E-state index < -0.39 is 30.4 Å². The number of β-lactam (4-membered cyclic amide) rings is 1. The average Bonchev–Trinajstić information content (AvgIpc) is 3.45. The van der Waals surface area contributed by atoms with Crippen LogP contribution in [0.15, 0.2) is 152 Å².